The monoisotopic (exact) mass is 261 g/mol. The Balaban J connectivity index is 4.97. The molecule has 0 spiro atoms. The molecule has 0 amide bonds. The molecule has 0 aliphatic rings. The highest BCUT2D eigenvalue weighted by atomic mass is 15.1. The van der Waals surface area contributed by atoms with Crippen LogP contribution in [0, 0.1) is 18.3 Å². The summed E-state index contributed by atoms with van der Waals surface area (Å²) in [5.41, 5.74) is 2.60. The number of unbranched alkanes of at least 4 members (excludes halogenated alkanes) is 2. The van der Waals surface area contributed by atoms with Crippen molar-refractivity contribution in [2.75, 3.05) is 13.1 Å². The molecule has 1 nitrogen and oxygen atoms in total. The highest BCUT2D eigenvalue weighted by Gasteiger charge is 2.13. The Morgan fingerprint density at radius 1 is 1.11 bits per heavy atom. The van der Waals surface area contributed by atoms with E-state index in [1.54, 1.807) is 0 Å². The van der Waals surface area contributed by atoms with Gasteiger partial charge >= 0.3 is 0 Å². The molecule has 0 saturated carbocycles. The maximum Gasteiger partial charge on any atom is 0.0570 e. The van der Waals surface area contributed by atoms with E-state index >= 15 is 0 Å². The van der Waals surface area contributed by atoms with E-state index in [2.05, 4.69) is 57.6 Å². The van der Waals surface area contributed by atoms with Gasteiger partial charge in [-0.1, -0.05) is 44.3 Å². The summed E-state index contributed by atoms with van der Waals surface area (Å²) in [6.45, 7) is 13.0. The molecule has 1 heteroatoms. The van der Waals surface area contributed by atoms with E-state index in [1.807, 2.05) is 0 Å². The SMILES string of the molecule is C#CC(C)/C(=C\C=C(C)C)N(CCC)CCCCC. The van der Waals surface area contributed by atoms with Crippen molar-refractivity contribution in [2.45, 2.75) is 60.3 Å². The highest BCUT2D eigenvalue weighted by molar-refractivity contribution is 5.22. The predicted molar refractivity (Wildman–Crippen MR) is 86.9 cm³/mol. The van der Waals surface area contributed by atoms with Gasteiger partial charge in [-0.3, -0.25) is 0 Å². The average molecular weight is 261 g/mol. The van der Waals surface area contributed by atoms with Gasteiger partial charge in [0.15, 0.2) is 0 Å². The Hall–Kier alpha value is -1.16. The number of rotatable bonds is 9. The lowest BCUT2D eigenvalue weighted by Crippen LogP contribution is -2.28. The second-order valence-corrected chi connectivity index (χ2v) is 5.42. The summed E-state index contributed by atoms with van der Waals surface area (Å²) in [6.07, 6.45) is 15.0. The Morgan fingerprint density at radius 3 is 2.26 bits per heavy atom. The average Bonchev–Trinajstić information content (AvgIpc) is 2.38. The van der Waals surface area contributed by atoms with Crippen molar-refractivity contribution in [1.82, 2.24) is 4.90 Å². The molecule has 0 aliphatic carbocycles. The molecule has 0 aromatic carbocycles. The van der Waals surface area contributed by atoms with Crippen molar-refractivity contribution in [3.8, 4) is 12.3 Å². The minimum Gasteiger partial charge on any atom is -0.374 e. The van der Waals surface area contributed by atoms with Crippen LogP contribution < -0.4 is 0 Å². The van der Waals surface area contributed by atoms with E-state index in [0.717, 1.165) is 19.5 Å². The summed E-state index contributed by atoms with van der Waals surface area (Å²) in [5, 5.41) is 0. The van der Waals surface area contributed by atoms with Crippen LogP contribution in [0.1, 0.15) is 60.3 Å². The third-order valence-electron chi connectivity index (χ3n) is 3.17. The van der Waals surface area contributed by atoms with Crippen LogP contribution in [0.5, 0.6) is 0 Å². The van der Waals surface area contributed by atoms with E-state index < -0.39 is 0 Å². The molecular formula is C18H31N. The lowest BCUT2D eigenvalue weighted by molar-refractivity contribution is 0.314. The van der Waals surface area contributed by atoms with Crippen LogP contribution in [-0.4, -0.2) is 18.0 Å². The number of hydrogen-bond acceptors (Lipinski definition) is 1. The summed E-state index contributed by atoms with van der Waals surface area (Å²) < 4.78 is 0. The van der Waals surface area contributed by atoms with Gasteiger partial charge in [-0.2, -0.15) is 0 Å². The van der Waals surface area contributed by atoms with Crippen LogP contribution in [0.25, 0.3) is 0 Å². The summed E-state index contributed by atoms with van der Waals surface area (Å²) in [7, 11) is 0. The molecule has 0 aromatic heterocycles. The molecule has 0 saturated heterocycles. The molecule has 1 atom stereocenters. The zero-order chi connectivity index (χ0) is 14.7. The van der Waals surface area contributed by atoms with Gasteiger partial charge in [0.05, 0.1) is 5.92 Å². The van der Waals surface area contributed by atoms with Crippen LogP contribution >= 0.6 is 0 Å². The second-order valence-electron chi connectivity index (χ2n) is 5.42. The lowest BCUT2D eigenvalue weighted by Gasteiger charge is -2.29. The number of nitrogens with zero attached hydrogens (tertiary/aromatic N) is 1. The van der Waals surface area contributed by atoms with E-state index in [-0.39, 0.29) is 5.92 Å². The third kappa shape index (κ3) is 7.78. The van der Waals surface area contributed by atoms with Crippen molar-refractivity contribution in [3.05, 3.63) is 23.4 Å². The third-order valence-corrected chi connectivity index (χ3v) is 3.17. The number of terminal acetylenes is 1. The molecule has 108 valence electrons. The van der Waals surface area contributed by atoms with Gasteiger partial charge in [0.25, 0.3) is 0 Å². The van der Waals surface area contributed by atoms with Gasteiger partial charge in [-0.25, -0.2) is 0 Å². The van der Waals surface area contributed by atoms with Crippen molar-refractivity contribution in [1.29, 1.82) is 0 Å². The first-order valence-corrected chi connectivity index (χ1v) is 7.62. The van der Waals surface area contributed by atoms with Crippen LogP contribution in [-0.2, 0) is 0 Å². The lowest BCUT2D eigenvalue weighted by atomic mass is 10.1. The molecule has 0 rings (SSSR count). The van der Waals surface area contributed by atoms with Gasteiger partial charge in [0.2, 0.25) is 0 Å². The van der Waals surface area contributed by atoms with Crippen molar-refractivity contribution in [3.63, 3.8) is 0 Å². The fourth-order valence-electron chi connectivity index (χ4n) is 2.05. The second kappa shape index (κ2) is 10.7. The molecule has 0 N–H and O–H groups in total. The Kier molecular flexibility index (Phi) is 10.1. The van der Waals surface area contributed by atoms with Gasteiger partial charge in [0.1, 0.15) is 0 Å². The Labute approximate surface area is 120 Å². The van der Waals surface area contributed by atoms with Crippen molar-refractivity contribution < 1.29 is 0 Å². The first-order valence-electron chi connectivity index (χ1n) is 7.62. The number of hydrogen-bond donors (Lipinski definition) is 0. The summed E-state index contributed by atoms with van der Waals surface area (Å²) >= 11 is 0. The van der Waals surface area contributed by atoms with Gasteiger partial charge in [-0.05, 0) is 39.7 Å². The van der Waals surface area contributed by atoms with Crippen molar-refractivity contribution >= 4 is 0 Å². The van der Waals surface area contributed by atoms with Crippen LogP contribution in [0.15, 0.2) is 23.4 Å². The van der Waals surface area contributed by atoms with Crippen LogP contribution in [0.3, 0.4) is 0 Å². The predicted octanol–water partition coefficient (Wildman–Crippen LogP) is 5.01. The van der Waals surface area contributed by atoms with Gasteiger partial charge in [0, 0.05) is 18.8 Å². The minimum atomic E-state index is 0.184. The normalized spacial score (nSPS) is 12.7. The Morgan fingerprint density at radius 2 is 1.79 bits per heavy atom. The van der Waals surface area contributed by atoms with E-state index in [0.29, 0.717) is 0 Å². The molecule has 0 fully saturated rings. The van der Waals surface area contributed by atoms with E-state index in [4.69, 9.17) is 6.42 Å². The fourth-order valence-corrected chi connectivity index (χ4v) is 2.05. The molecule has 0 aromatic rings. The largest absolute Gasteiger partial charge is 0.374 e. The molecule has 0 heterocycles. The fraction of sp³-hybridized carbons (Fsp3) is 0.667. The molecule has 19 heavy (non-hydrogen) atoms. The number of allylic oxidation sites excluding steroid dienone is 4. The maximum absolute atomic E-state index is 5.63. The first-order chi connectivity index (χ1) is 9.06. The standard InChI is InChI=1S/C18H31N/c1-7-10-11-15-19(14-8-2)18(17(6)9-3)13-12-16(4)5/h3,12-13,17H,7-8,10-11,14-15H2,1-2,4-6H3/b18-13+. The zero-order valence-electron chi connectivity index (χ0n) is 13.5. The molecule has 0 radical (unpaired) electrons. The van der Waals surface area contributed by atoms with E-state index in [1.165, 1.54) is 30.5 Å². The Bertz CT molecular complexity index is 326. The summed E-state index contributed by atoms with van der Waals surface area (Å²) in [5.74, 6) is 3.06. The first kappa shape index (κ1) is 17.8. The topological polar surface area (TPSA) is 3.24 Å². The summed E-state index contributed by atoms with van der Waals surface area (Å²) in [6, 6.07) is 0. The highest BCUT2D eigenvalue weighted by Crippen LogP contribution is 2.17. The van der Waals surface area contributed by atoms with Gasteiger partial charge < -0.3 is 4.90 Å². The summed E-state index contributed by atoms with van der Waals surface area (Å²) in [4.78, 5) is 2.47. The minimum absolute atomic E-state index is 0.184. The quantitative estimate of drug-likeness (QED) is 0.320. The zero-order valence-corrected chi connectivity index (χ0v) is 13.5. The smallest absolute Gasteiger partial charge is 0.0570 e. The maximum atomic E-state index is 5.63. The van der Waals surface area contributed by atoms with Gasteiger partial charge in [-0.15, -0.1) is 6.42 Å². The van der Waals surface area contributed by atoms with Crippen LogP contribution in [0.4, 0.5) is 0 Å². The molecule has 1 unspecified atom stereocenters. The molecule has 0 aliphatic heterocycles. The van der Waals surface area contributed by atoms with Crippen molar-refractivity contribution in [2.24, 2.45) is 5.92 Å². The molecular weight excluding hydrogens is 230 g/mol. The molecule has 0 bridgehead atoms. The van der Waals surface area contributed by atoms with Crippen LogP contribution in [0.2, 0.25) is 0 Å². The van der Waals surface area contributed by atoms with E-state index in [9.17, 15) is 0 Å².